The average Bonchev–Trinajstić information content (AvgIpc) is 2.13. The van der Waals surface area contributed by atoms with Gasteiger partial charge in [0.1, 0.15) is 6.54 Å². The largest absolute Gasteiger partial charge is 0.406 e. The van der Waals surface area contributed by atoms with Gasteiger partial charge in [-0.25, -0.2) is 0 Å². The Kier molecular flexibility index (Phi) is 5.15. The molecule has 0 fully saturated rings. The summed E-state index contributed by atoms with van der Waals surface area (Å²) in [7, 11) is 0. The van der Waals surface area contributed by atoms with Crippen molar-refractivity contribution in [2.75, 3.05) is 13.1 Å². The fraction of sp³-hybridized carbons (Fsp3) is 0.667. The lowest BCUT2D eigenvalue weighted by atomic mass is 10.3. The second kappa shape index (κ2) is 5.61. The molecule has 1 amide bonds. The highest BCUT2D eigenvalue weighted by atomic mass is 19.4. The molecule has 0 saturated carbocycles. The van der Waals surface area contributed by atoms with Gasteiger partial charge in [0.15, 0.2) is 6.10 Å². The standard InChI is InChI=1S/C9H12F3NO2/c1-3-5-13(6-9(10,11)12)8(15)7(14)4-2/h2,7,14H,3,5-6H2,1H3/t7-/m1/s1. The molecule has 0 heterocycles. The molecule has 0 saturated heterocycles. The Balaban J connectivity index is 4.53. The first-order chi connectivity index (χ1) is 6.81. The van der Waals surface area contributed by atoms with E-state index in [1.54, 1.807) is 12.8 Å². The van der Waals surface area contributed by atoms with Crippen molar-refractivity contribution in [3.8, 4) is 12.3 Å². The Morgan fingerprint density at radius 3 is 2.47 bits per heavy atom. The minimum atomic E-state index is -4.49. The van der Waals surface area contributed by atoms with Crippen LogP contribution in [0, 0.1) is 12.3 Å². The van der Waals surface area contributed by atoms with Crippen LogP contribution in [-0.4, -0.2) is 41.3 Å². The smallest absolute Gasteiger partial charge is 0.372 e. The van der Waals surface area contributed by atoms with Crippen LogP contribution in [-0.2, 0) is 4.79 Å². The molecular weight excluding hydrogens is 211 g/mol. The normalized spacial score (nSPS) is 13.1. The van der Waals surface area contributed by atoms with Gasteiger partial charge < -0.3 is 10.0 Å². The average molecular weight is 223 g/mol. The molecule has 0 aromatic carbocycles. The Morgan fingerprint density at radius 2 is 2.13 bits per heavy atom. The second-order valence-corrected chi connectivity index (χ2v) is 2.94. The minimum Gasteiger partial charge on any atom is -0.372 e. The van der Waals surface area contributed by atoms with Crippen molar-refractivity contribution in [1.29, 1.82) is 0 Å². The van der Waals surface area contributed by atoms with Crippen LogP contribution in [0.2, 0.25) is 0 Å². The molecule has 0 aromatic heterocycles. The van der Waals surface area contributed by atoms with Gasteiger partial charge in [-0.3, -0.25) is 4.79 Å². The van der Waals surface area contributed by atoms with Crippen LogP contribution < -0.4 is 0 Å². The number of nitrogens with zero attached hydrogens (tertiary/aromatic N) is 1. The molecule has 3 nitrogen and oxygen atoms in total. The quantitative estimate of drug-likeness (QED) is 0.715. The number of hydrogen-bond donors (Lipinski definition) is 1. The molecule has 15 heavy (non-hydrogen) atoms. The third-order valence-corrected chi connectivity index (χ3v) is 1.57. The molecule has 0 bridgehead atoms. The number of carbonyl (C=O) groups is 1. The molecule has 0 spiro atoms. The van der Waals surface area contributed by atoms with Crippen LogP contribution in [0.25, 0.3) is 0 Å². The summed E-state index contributed by atoms with van der Waals surface area (Å²) in [6.45, 7) is 0.147. The van der Waals surface area contributed by atoms with Crippen molar-refractivity contribution >= 4 is 5.91 Å². The second-order valence-electron chi connectivity index (χ2n) is 2.94. The van der Waals surface area contributed by atoms with Crippen LogP contribution in [0.5, 0.6) is 0 Å². The molecule has 1 N–H and O–H groups in total. The number of terminal acetylenes is 1. The van der Waals surface area contributed by atoms with Gasteiger partial charge in [-0.15, -0.1) is 6.42 Å². The summed E-state index contributed by atoms with van der Waals surface area (Å²) in [6, 6.07) is 0. The van der Waals surface area contributed by atoms with Gasteiger partial charge >= 0.3 is 6.18 Å². The van der Waals surface area contributed by atoms with Crippen molar-refractivity contribution in [1.82, 2.24) is 4.90 Å². The molecule has 0 aromatic rings. The maximum Gasteiger partial charge on any atom is 0.406 e. The number of hydrogen-bond acceptors (Lipinski definition) is 2. The first-order valence-electron chi connectivity index (χ1n) is 4.31. The topological polar surface area (TPSA) is 40.5 Å². The summed E-state index contributed by atoms with van der Waals surface area (Å²) in [6.07, 6.45) is -1.19. The summed E-state index contributed by atoms with van der Waals surface area (Å²) in [4.78, 5) is 11.7. The first kappa shape index (κ1) is 13.8. The monoisotopic (exact) mass is 223 g/mol. The predicted octanol–water partition coefficient (Wildman–Crippen LogP) is 0.781. The van der Waals surface area contributed by atoms with E-state index < -0.39 is 24.7 Å². The van der Waals surface area contributed by atoms with E-state index in [0.717, 1.165) is 0 Å². The number of halogens is 3. The highest BCUT2D eigenvalue weighted by Crippen LogP contribution is 2.17. The highest BCUT2D eigenvalue weighted by molar-refractivity contribution is 5.83. The van der Waals surface area contributed by atoms with Gasteiger partial charge in [0.05, 0.1) is 0 Å². The van der Waals surface area contributed by atoms with Gasteiger partial charge in [-0.05, 0) is 6.42 Å². The Hall–Kier alpha value is -1.22. The zero-order chi connectivity index (χ0) is 12.1. The van der Waals surface area contributed by atoms with Crippen LogP contribution >= 0.6 is 0 Å². The maximum absolute atomic E-state index is 12.0. The number of alkyl halides is 3. The van der Waals surface area contributed by atoms with Crippen LogP contribution in [0.3, 0.4) is 0 Å². The van der Waals surface area contributed by atoms with Gasteiger partial charge in [0.25, 0.3) is 5.91 Å². The number of carbonyl (C=O) groups excluding carboxylic acids is 1. The van der Waals surface area contributed by atoms with E-state index in [2.05, 4.69) is 0 Å². The summed E-state index contributed by atoms with van der Waals surface area (Å²) in [5.41, 5.74) is 0. The van der Waals surface area contributed by atoms with Crippen LogP contribution in [0.4, 0.5) is 13.2 Å². The molecule has 0 aliphatic heterocycles. The predicted molar refractivity (Wildman–Crippen MR) is 47.8 cm³/mol. The molecule has 0 radical (unpaired) electrons. The number of amides is 1. The fourth-order valence-corrected chi connectivity index (χ4v) is 0.998. The Bertz CT molecular complexity index is 257. The van der Waals surface area contributed by atoms with Crippen molar-refractivity contribution in [3.63, 3.8) is 0 Å². The van der Waals surface area contributed by atoms with Crippen LogP contribution in [0.15, 0.2) is 0 Å². The number of aliphatic hydroxyl groups is 1. The van der Waals surface area contributed by atoms with Crippen molar-refractivity contribution in [3.05, 3.63) is 0 Å². The molecule has 86 valence electrons. The Morgan fingerprint density at radius 1 is 1.60 bits per heavy atom. The minimum absolute atomic E-state index is 0.0862. The van der Waals surface area contributed by atoms with E-state index in [-0.39, 0.29) is 6.54 Å². The first-order valence-corrected chi connectivity index (χ1v) is 4.31. The molecule has 1 atom stereocenters. The molecule has 0 unspecified atom stereocenters. The maximum atomic E-state index is 12.0. The lowest BCUT2D eigenvalue weighted by Crippen LogP contribution is -2.44. The lowest BCUT2D eigenvalue weighted by Gasteiger charge is -2.24. The number of rotatable bonds is 4. The molecule has 0 aliphatic rings. The summed E-state index contributed by atoms with van der Waals surface area (Å²) in [5, 5.41) is 8.93. The van der Waals surface area contributed by atoms with E-state index in [1.165, 1.54) is 0 Å². The zero-order valence-electron chi connectivity index (χ0n) is 8.21. The van der Waals surface area contributed by atoms with Crippen molar-refractivity contribution < 1.29 is 23.1 Å². The highest BCUT2D eigenvalue weighted by Gasteiger charge is 2.34. The van der Waals surface area contributed by atoms with Crippen molar-refractivity contribution in [2.24, 2.45) is 0 Å². The Labute approximate surface area is 85.9 Å². The SMILES string of the molecule is C#C[C@@H](O)C(=O)N(CCC)CC(F)(F)F. The zero-order valence-corrected chi connectivity index (χ0v) is 8.21. The molecule has 0 aliphatic carbocycles. The number of aliphatic hydroxyl groups excluding tert-OH is 1. The van der Waals surface area contributed by atoms with E-state index in [1.807, 2.05) is 0 Å². The van der Waals surface area contributed by atoms with E-state index >= 15 is 0 Å². The van der Waals surface area contributed by atoms with Gasteiger partial charge in [0, 0.05) is 6.54 Å². The van der Waals surface area contributed by atoms with E-state index in [4.69, 9.17) is 11.5 Å². The van der Waals surface area contributed by atoms with Gasteiger partial charge in [0.2, 0.25) is 0 Å². The third kappa shape index (κ3) is 5.27. The van der Waals surface area contributed by atoms with E-state index in [0.29, 0.717) is 11.3 Å². The van der Waals surface area contributed by atoms with E-state index in [9.17, 15) is 18.0 Å². The molecular formula is C9H12F3NO2. The third-order valence-electron chi connectivity index (χ3n) is 1.57. The summed E-state index contributed by atoms with van der Waals surface area (Å²) in [5.74, 6) is 0.600. The molecule has 0 rings (SSSR count). The lowest BCUT2D eigenvalue weighted by molar-refractivity contribution is -0.164. The summed E-state index contributed by atoms with van der Waals surface area (Å²) >= 11 is 0. The van der Waals surface area contributed by atoms with Crippen molar-refractivity contribution in [2.45, 2.75) is 25.6 Å². The molecule has 6 heteroatoms. The van der Waals surface area contributed by atoms with Crippen LogP contribution in [0.1, 0.15) is 13.3 Å². The van der Waals surface area contributed by atoms with Gasteiger partial charge in [-0.2, -0.15) is 13.2 Å². The summed E-state index contributed by atoms with van der Waals surface area (Å²) < 4.78 is 36.1. The van der Waals surface area contributed by atoms with Gasteiger partial charge in [-0.1, -0.05) is 12.8 Å². The fourth-order valence-electron chi connectivity index (χ4n) is 0.998.